The molecule has 1 aromatic rings. The Balaban J connectivity index is 2.30. The number of nitrogens with one attached hydrogen (secondary N) is 1. The lowest BCUT2D eigenvalue weighted by atomic mass is 9.91. The van der Waals surface area contributed by atoms with Gasteiger partial charge < -0.3 is 10.1 Å². The molecule has 0 amide bonds. The Morgan fingerprint density at radius 3 is 2.94 bits per heavy atom. The van der Waals surface area contributed by atoms with Gasteiger partial charge in [0, 0.05) is 6.54 Å². The molecule has 3 heteroatoms. The van der Waals surface area contributed by atoms with Gasteiger partial charge in [0.1, 0.15) is 5.75 Å². The van der Waals surface area contributed by atoms with Gasteiger partial charge in [0.25, 0.3) is 0 Å². The molecule has 1 saturated heterocycles. The summed E-state index contributed by atoms with van der Waals surface area (Å²) in [7, 11) is 1.75. The molecule has 1 heterocycles. The van der Waals surface area contributed by atoms with Crippen LogP contribution >= 0.6 is 11.8 Å². The lowest BCUT2D eigenvalue weighted by Crippen LogP contribution is -2.28. The fourth-order valence-electron chi connectivity index (χ4n) is 2.35. The molecule has 0 bridgehead atoms. The summed E-state index contributed by atoms with van der Waals surface area (Å²) >= 11 is 1.79. The number of thioether (sulfide) groups is 1. The Hall–Kier alpha value is -0.670. The third-order valence-corrected chi connectivity index (χ3v) is 4.02. The van der Waals surface area contributed by atoms with Gasteiger partial charge >= 0.3 is 0 Å². The van der Waals surface area contributed by atoms with Crippen molar-refractivity contribution in [2.45, 2.75) is 23.7 Å². The van der Waals surface area contributed by atoms with Crippen molar-refractivity contribution in [2.24, 2.45) is 0 Å². The van der Waals surface area contributed by atoms with E-state index in [4.69, 9.17) is 4.74 Å². The lowest BCUT2D eigenvalue weighted by Gasteiger charge is -2.25. The molecule has 88 valence electrons. The molecule has 0 saturated carbocycles. The first-order chi connectivity index (χ1) is 7.86. The van der Waals surface area contributed by atoms with Crippen LogP contribution in [0.15, 0.2) is 23.1 Å². The summed E-state index contributed by atoms with van der Waals surface area (Å²) in [4.78, 5) is 1.30. The van der Waals surface area contributed by atoms with E-state index < -0.39 is 0 Å². The van der Waals surface area contributed by atoms with Gasteiger partial charge in [-0.1, -0.05) is 12.1 Å². The summed E-state index contributed by atoms with van der Waals surface area (Å²) in [5.41, 5.74) is 1.44. The van der Waals surface area contributed by atoms with Crippen LogP contribution in [0.1, 0.15) is 24.3 Å². The third kappa shape index (κ3) is 2.36. The van der Waals surface area contributed by atoms with E-state index in [0.717, 1.165) is 18.8 Å². The van der Waals surface area contributed by atoms with Gasteiger partial charge in [-0.05, 0) is 43.2 Å². The van der Waals surface area contributed by atoms with E-state index in [-0.39, 0.29) is 0 Å². The quantitative estimate of drug-likeness (QED) is 0.817. The van der Waals surface area contributed by atoms with Crippen LogP contribution in [-0.2, 0) is 0 Å². The zero-order chi connectivity index (χ0) is 11.4. The van der Waals surface area contributed by atoms with Gasteiger partial charge in [-0.2, -0.15) is 0 Å². The van der Waals surface area contributed by atoms with Gasteiger partial charge in [-0.25, -0.2) is 0 Å². The maximum atomic E-state index is 5.43. The zero-order valence-electron chi connectivity index (χ0n) is 9.95. The van der Waals surface area contributed by atoms with Crippen LogP contribution < -0.4 is 10.1 Å². The largest absolute Gasteiger partial charge is 0.496 e. The Morgan fingerprint density at radius 1 is 1.44 bits per heavy atom. The van der Waals surface area contributed by atoms with Crippen LogP contribution in [0.25, 0.3) is 0 Å². The first-order valence-electron chi connectivity index (χ1n) is 5.78. The molecule has 1 unspecified atom stereocenters. The predicted octanol–water partition coefficient (Wildman–Crippen LogP) is 2.88. The van der Waals surface area contributed by atoms with Crippen molar-refractivity contribution in [1.82, 2.24) is 5.32 Å². The molecule has 0 aromatic heterocycles. The SMILES string of the molecule is COc1cccc(C2CCCNC2)c1SC. The third-order valence-electron chi connectivity index (χ3n) is 3.17. The highest BCUT2D eigenvalue weighted by Gasteiger charge is 2.19. The molecule has 0 spiro atoms. The van der Waals surface area contributed by atoms with Gasteiger partial charge in [-0.3, -0.25) is 0 Å². The van der Waals surface area contributed by atoms with Gasteiger partial charge in [0.2, 0.25) is 0 Å². The highest BCUT2D eigenvalue weighted by atomic mass is 32.2. The highest BCUT2D eigenvalue weighted by Crippen LogP contribution is 2.37. The Kier molecular flexibility index (Phi) is 4.13. The van der Waals surface area contributed by atoms with Crippen molar-refractivity contribution in [1.29, 1.82) is 0 Å². The fourth-order valence-corrected chi connectivity index (χ4v) is 3.17. The van der Waals surface area contributed by atoms with E-state index in [9.17, 15) is 0 Å². The second kappa shape index (κ2) is 5.60. The van der Waals surface area contributed by atoms with E-state index in [1.54, 1.807) is 18.9 Å². The minimum atomic E-state index is 0.645. The number of piperidine rings is 1. The summed E-state index contributed by atoms with van der Waals surface area (Å²) in [6.45, 7) is 2.26. The lowest BCUT2D eigenvalue weighted by molar-refractivity contribution is 0.399. The minimum absolute atomic E-state index is 0.645. The summed E-state index contributed by atoms with van der Waals surface area (Å²) in [6, 6.07) is 6.39. The van der Waals surface area contributed by atoms with E-state index in [0.29, 0.717) is 5.92 Å². The molecular weight excluding hydrogens is 218 g/mol. The summed E-state index contributed by atoms with van der Waals surface area (Å²) in [5, 5.41) is 3.47. The van der Waals surface area contributed by atoms with Crippen LogP contribution in [0, 0.1) is 0 Å². The minimum Gasteiger partial charge on any atom is -0.496 e. The molecule has 1 atom stereocenters. The van der Waals surface area contributed by atoms with Gasteiger partial charge in [-0.15, -0.1) is 11.8 Å². The summed E-state index contributed by atoms with van der Waals surface area (Å²) in [6.07, 6.45) is 4.68. The standard InChI is InChI=1S/C13H19NOS/c1-15-12-7-3-6-11(13(12)16-2)10-5-4-8-14-9-10/h3,6-7,10,14H,4-5,8-9H2,1-2H3. The van der Waals surface area contributed by atoms with Crippen molar-refractivity contribution in [3.63, 3.8) is 0 Å². The second-order valence-corrected chi connectivity index (χ2v) is 4.94. The molecule has 2 nitrogen and oxygen atoms in total. The smallest absolute Gasteiger partial charge is 0.132 e. The average Bonchev–Trinajstić information content (AvgIpc) is 2.38. The molecule has 0 radical (unpaired) electrons. The molecule has 0 aliphatic carbocycles. The van der Waals surface area contributed by atoms with E-state index in [2.05, 4.69) is 23.7 Å². The first-order valence-corrected chi connectivity index (χ1v) is 7.01. The van der Waals surface area contributed by atoms with E-state index in [1.807, 2.05) is 6.07 Å². The summed E-state index contributed by atoms with van der Waals surface area (Å²) in [5.74, 6) is 1.65. The Morgan fingerprint density at radius 2 is 2.31 bits per heavy atom. The van der Waals surface area contributed by atoms with Crippen LogP contribution in [0.2, 0.25) is 0 Å². The maximum Gasteiger partial charge on any atom is 0.132 e. The van der Waals surface area contributed by atoms with Gasteiger partial charge in [0.15, 0.2) is 0 Å². The number of hydrogen-bond acceptors (Lipinski definition) is 3. The number of hydrogen-bond donors (Lipinski definition) is 1. The molecule has 1 aliphatic heterocycles. The highest BCUT2D eigenvalue weighted by molar-refractivity contribution is 7.98. The van der Waals surface area contributed by atoms with Crippen molar-refractivity contribution >= 4 is 11.8 Å². The Bertz CT molecular complexity index is 348. The van der Waals surface area contributed by atoms with Crippen molar-refractivity contribution in [3.8, 4) is 5.75 Å². The predicted molar refractivity (Wildman–Crippen MR) is 69.6 cm³/mol. The number of rotatable bonds is 3. The van der Waals surface area contributed by atoms with E-state index >= 15 is 0 Å². The summed E-state index contributed by atoms with van der Waals surface area (Å²) < 4.78 is 5.43. The van der Waals surface area contributed by atoms with Crippen molar-refractivity contribution in [3.05, 3.63) is 23.8 Å². The normalized spacial score (nSPS) is 20.8. The Labute approximate surface area is 102 Å². The molecule has 1 N–H and O–H groups in total. The zero-order valence-corrected chi connectivity index (χ0v) is 10.8. The molecular formula is C13H19NOS. The second-order valence-electron chi connectivity index (χ2n) is 4.13. The number of ether oxygens (including phenoxy) is 1. The van der Waals surface area contributed by atoms with Crippen LogP contribution in [0.3, 0.4) is 0 Å². The number of methoxy groups -OCH3 is 1. The molecule has 2 rings (SSSR count). The molecule has 1 aromatic carbocycles. The monoisotopic (exact) mass is 237 g/mol. The topological polar surface area (TPSA) is 21.3 Å². The number of benzene rings is 1. The average molecular weight is 237 g/mol. The molecule has 16 heavy (non-hydrogen) atoms. The van der Waals surface area contributed by atoms with Crippen LogP contribution in [-0.4, -0.2) is 26.5 Å². The maximum absolute atomic E-state index is 5.43. The fraction of sp³-hybridized carbons (Fsp3) is 0.538. The van der Waals surface area contributed by atoms with Crippen LogP contribution in [0.5, 0.6) is 5.75 Å². The molecule has 1 fully saturated rings. The van der Waals surface area contributed by atoms with Gasteiger partial charge in [0.05, 0.1) is 12.0 Å². The van der Waals surface area contributed by atoms with Crippen LogP contribution in [0.4, 0.5) is 0 Å². The van der Waals surface area contributed by atoms with Crippen molar-refractivity contribution < 1.29 is 4.74 Å². The molecule has 1 aliphatic rings. The first kappa shape index (κ1) is 11.8. The van der Waals surface area contributed by atoms with Crippen molar-refractivity contribution in [2.75, 3.05) is 26.5 Å². The van der Waals surface area contributed by atoms with E-state index in [1.165, 1.54) is 23.3 Å².